The Bertz CT molecular complexity index is 863. The first kappa shape index (κ1) is 13.4. The van der Waals surface area contributed by atoms with Gasteiger partial charge in [-0.25, -0.2) is 9.50 Å². The first-order valence-electron chi connectivity index (χ1n) is 6.13. The van der Waals surface area contributed by atoms with E-state index in [2.05, 4.69) is 10.1 Å². The van der Waals surface area contributed by atoms with Gasteiger partial charge >= 0.3 is 6.18 Å². The number of nitrogens with zero attached hydrogens (tertiary/aromatic N) is 2. The van der Waals surface area contributed by atoms with Crippen molar-refractivity contribution in [2.45, 2.75) is 13.1 Å². The van der Waals surface area contributed by atoms with Gasteiger partial charge in [0.25, 0.3) is 5.56 Å². The van der Waals surface area contributed by atoms with Gasteiger partial charge in [0.05, 0.1) is 0 Å². The Labute approximate surface area is 116 Å². The molecule has 0 aliphatic heterocycles. The summed E-state index contributed by atoms with van der Waals surface area (Å²) in [5, 5.41) is 2.75. The predicted octanol–water partition coefficient (Wildman–Crippen LogP) is 3.02. The number of aromatic amines is 1. The number of rotatable bonds is 1. The van der Waals surface area contributed by atoms with Crippen molar-refractivity contribution in [3.63, 3.8) is 0 Å². The molecule has 3 rings (SSSR count). The number of hydrogen-bond acceptors (Lipinski definition) is 2. The fraction of sp³-hybridized carbons (Fsp3) is 0.143. The van der Waals surface area contributed by atoms with E-state index in [1.165, 1.54) is 0 Å². The average molecular weight is 293 g/mol. The minimum Gasteiger partial charge on any atom is -0.293 e. The second kappa shape index (κ2) is 4.47. The standard InChI is InChI=1S/C14H10F3N3O/c1-8-12(9-5-3-2-4-6-9)13-18-10(14(15,16)17)7-11(21)20(13)19-8/h2-7,19H,1H3. The summed E-state index contributed by atoms with van der Waals surface area (Å²) in [5.74, 6) is 0. The van der Waals surface area contributed by atoms with Crippen molar-refractivity contribution in [1.29, 1.82) is 0 Å². The van der Waals surface area contributed by atoms with Crippen LogP contribution in [0.15, 0.2) is 41.2 Å². The van der Waals surface area contributed by atoms with Gasteiger partial charge in [-0.05, 0) is 12.5 Å². The van der Waals surface area contributed by atoms with E-state index in [9.17, 15) is 18.0 Å². The van der Waals surface area contributed by atoms with Gasteiger partial charge in [-0.15, -0.1) is 0 Å². The molecular formula is C14H10F3N3O. The highest BCUT2D eigenvalue weighted by molar-refractivity contribution is 5.79. The zero-order valence-electron chi connectivity index (χ0n) is 10.9. The van der Waals surface area contributed by atoms with Gasteiger partial charge in [-0.2, -0.15) is 13.2 Å². The van der Waals surface area contributed by atoms with Gasteiger partial charge < -0.3 is 0 Å². The maximum Gasteiger partial charge on any atom is 0.433 e. The number of H-pyrrole nitrogens is 1. The van der Waals surface area contributed by atoms with Crippen LogP contribution in [0, 0.1) is 6.92 Å². The van der Waals surface area contributed by atoms with Crippen LogP contribution < -0.4 is 5.56 Å². The number of aryl methyl sites for hydroxylation is 1. The van der Waals surface area contributed by atoms with Crippen molar-refractivity contribution in [2.24, 2.45) is 0 Å². The van der Waals surface area contributed by atoms with Crippen LogP contribution in [-0.4, -0.2) is 14.6 Å². The highest BCUT2D eigenvalue weighted by atomic mass is 19.4. The molecule has 21 heavy (non-hydrogen) atoms. The molecule has 0 fully saturated rings. The number of hydrogen-bond donors (Lipinski definition) is 1. The molecule has 0 aliphatic rings. The summed E-state index contributed by atoms with van der Waals surface area (Å²) in [6.07, 6.45) is -4.66. The third kappa shape index (κ3) is 2.20. The Morgan fingerprint density at radius 1 is 1.19 bits per heavy atom. The minimum absolute atomic E-state index is 0.0291. The summed E-state index contributed by atoms with van der Waals surface area (Å²) in [6.45, 7) is 1.68. The van der Waals surface area contributed by atoms with Crippen molar-refractivity contribution < 1.29 is 13.2 Å². The fourth-order valence-corrected chi connectivity index (χ4v) is 2.24. The SMILES string of the molecule is Cc1[nH]n2c(=O)cc(C(F)(F)F)nc2c1-c1ccccc1. The Kier molecular flexibility index (Phi) is 2.86. The zero-order chi connectivity index (χ0) is 15.2. The number of alkyl halides is 3. The van der Waals surface area contributed by atoms with Crippen LogP contribution in [0.2, 0.25) is 0 Å². The molecule has 108 valence electrons. The molecule has 0 spiro atoms. The molecule has 0 saturated heterocycles. The summed E-state index contributed by atoms with van der Waals surface area (Å²) in [7, 11) is 0. The van der Waals surface area contributed by atoms with E-state index in [1.807, 2.05) is 0 Å². The summed E-state index contributed by atoms with van der Waals surface area (Å²) < 4.78 is 39.5. The van der Waals surface area contributed by atoms with Crippen LogP contribution in [0.3, 0.4) is 0 Å². The third-order valence-corrected chi connectivity index (χ3v) is 3.15. The molecule has 0 radical (unpaired) electrons. The highest BCUT2D eigenvalue weighted by Crippen LogP contribution is 2.30. The second-order valence-corrected chi connectivity index (χ2v) is 4.61. The van der Waals surface area contributed by atoms with Crippen LogP contribution in [0.4, 0.5) is 13.2 Å². The molecule has 0 aliphatic carbocycles. The molecule has 0 bridgehead atoms. The summed E-state index contributed by atoms with van der Waals surface area (Å²) >= 11 is 0. The van der Waals surface area contributed by atoms with E-state index >= 15 is 0 Å². The Hall–Kier alpha value is -2.57. The normalized spacial score (nSPS) is 12.0. The molecular weight excluding hydrogens is 283 g/mol. The van der Waals surface area contributed by atoms with Crippen molar-refractivity contribution in [3.8, 4) is 11.1 Å². The van der Waals surface area contributed by atoms with Gasteiger partial charge in [0.15, 0.2) is 11.3 Å². The minimum atomic E-state index is -4.66. The number of fused-ring (bicyclic) bond motifs is 1. The van der Waals surface area contributed by atoms with E-state index < -0.39 is 17.4 Å². The second-order valence-electron chi connectivity index (χ2n) is 4.61. The van der Waals surface area contributed by atoms with E-state index in [0.29, 0.717) is 22.9 Å². The largest absolute Gasteiger partial charge is 0.433 e. The summed E-state index contributed by atoms with van der Waals surface area (Å²) in [4.78, 5) is 15.4. The molecule has 4 nitrogen and oxygen atoms in total. The van der Waals surface area contributed by atoms with Gasteiger partial charge in [-0.1, -0.05) is 30.3 Å². The number of benzene rings is 1. The average Bonchev–Trinajstić information content (AvgIpc) is 2.75. The van der Waals surface area contributed by atoms with E-state index in [4.69, 9.17) is 0 Å². The molecule has 1 aromatic carbocycles. The quantitative estimate of drug-likeness (QED) is 0.749. The molecule has 2 aromatic heterocycles. The van der Waals surface area contributed by atoms with Crippen molar-refractivity contribution in [2.75, 3.05) is 0 Å². The highest BCUT2D eigenvalue weighted by Gasteiger charge is 2.34. The molecule has 0 unspecified atom stereocenters. The Morgan fingerprint density at radius 3 is 2.48 bits per heavy atom. The molecule has 1 N–H and O–H groups in total. The van der Waals surface area contributed by atoms with Crippen molar-refractivity contribution in [1.82, 2.24) is 14.6 Å². The van der Waals surface area contributed by atoms with Gasteiger partial charge in [0, 0.05) is 17.3 Å². The summed E-state index contributed by atoms with van der Waals surface area (Å²) in [5.41, 5.74) is -0.260. The smallest absolute Gasteiger partial charge is 0.293 e. The number of aromatic nitrogens is 3. The Balaban J connectivity index is 2.38. The van der Waals surface area contributed by atoms with Gasteiger partial charge in [0.1, 0.15) is 0 Å². The van der Waals surface area contributed by atoms with Crippen LogP contribution in [-0.2, 0) is 6.18 Å². The van der Waals surface area contributed by atoms with E-state index in [-0.39, 0.29) is 5.65 Å². The molecule has 0 saturated carbocycles. The van der Waals surface area contributed by atoms with Crippen molar-refractivity contribution >= 4 is 5.65 Å². The van der Waals surface area contributed by atoms with Crippen LogP contribution >= 0.6 is 0 Å². The Morgan fingerprint density at radius 2 is 1.86 bits per heavy atom. The number of halogens is 3. The third-order valence-electron chi connectivity index (χ3n) is 3.15. The lowest BCUT2D eigenvalue weighted by molar-refractivity contribution is -0.141. The molecule has 0 atom stereocenters. The van der Waals surface area contributed by atoms with Crippen LogP contribution in [0.1, 0.15) is 11.4 Å². The molecule has 3 aromatic rings. The molecule has 7 heteroatoms. The lowest BCUT2D eigenvalue weighted by atomic mass is 10.1. The lowest BCUT2D eigenvalue weighted by Crippen LogP contribution is -2.20. The monoisotopic (exact) mass is 293 g/mol. The van der Waals surface area contributed by atoms with Gasteiger partial charge in [-0.3, -0.25) is 9.89 Å². The maximum absolute atomic E-state index is 12.8. The van der Waals surface area contributed by atoms with E-state index in [0.717, 1.165) is 4.52 Å². The lowest BCUT2D eigenvalue weighted by Gasteiger charge is -2.06. The first-order chi connectivity index (χ1) is 9.88. The topological polar surface area (TPSA) is 50.2 Å². The first-order valence-corrected chi connectivity index (χ1v) is 6.13. The summed E-state index contributed by atoms with van der Waals surface area (Å²) in [6, 6.07) is 9.32. The fourth-order valence-electron chi connectivity index (χ4n) is 2.24. The van der Waals surface area contributed by atoms with E-state index in [1.54, 1.807) is 37.3 Å². The number of nitrogens with one attached hydrogen (secondary N) is 1. The van der Waals surface area contributed by atoms with Crippen molar-refractivity contribution in [3.05, 3.63) is 58.1 Å². The predicted molar refractivity (Wildman–Crippen MR) is 71.0 cm³/mol. The maximum atomic E-state index is 12.8. The van der Waals surface area contributed by atoms with Crippen LogP contribution in [0.25, 0.3) is 16.8 Å². The molecule has 2 heterocycles. The van der Waals surface area contributed by atoms with Gasteiger partial charge in [0.2, 0.25) is 0 Å². The van der Waals surface area contributed by atoms with Crippen LogP contribution in [0.5, 0.6) is 0 Å². The molecule has 0 amide bonds. The zero-order valence-corrected chi connectivity index (χ0v) is 10.9.